The fraction of sp³-hybridized carbons (Fsp3) is 0.261. The van der Waals surface area contributed by atoms with Gasteiger partial charge in [0.1, 0.15) is 5.75 Å². The van der Waals surface area contributed by atoms with E-state index in [2.05, 4.69) is 4.98 Å². The lowest BCUT2D eigenvalue weighted by Crippen LogP contribution is -2.44. The molecule has 1 atom stereocenters. The first-order chi connectivity index (χ1) is 14.5. The molecule has 1 aromatic heterocycles. The Hall–Kier alpha value is -3.19. The summed E-state index contributed by atoms with van der Waals surface area (Å²) in [5, 5.41) is 2.99. The number of hydrogen-bond donors (Lipinski definition) is 0. The van der Waals surface area contributed by atoms with Crippen LogP contribution in [0.5, 0.6) is 5.75 Å². The third-order valence-electron chi connectivity index (χ3n) is 4.89. The van der Waals surface area contributed by atoms with Crippen molar-refractivity contribution >= 4 is 28.9 Å². The van der Waals surface area contributed by atoms with Crippen molar-refractivity contribution in [2.75, 3.05) is 11.5 Å². The molecule has 0 spiro atoms. The maximum Gasteiger partial charge on any atom is 0.338 e. The summed E-state index contributed by atoms with van der Waals surface area (Å²) in [7, 11) is 0. The second-order valence-electron chi connectivity index (χ2n) is 7.04. The molecular formula is C23H22N2O4S. The van der Waals surface area contributed by atoms with Crippen molar-refractivity contribution in [2.24, 2.45) is 0 Å². The fourth-order valence-electron chi connectivity index (χ4n) is 3.37. The van der Waals surface area contributed by atoms with Gasteiger partial charge in [-0.25, -0.2) is 9.78 Å². The molecule has 1 aliphatic heterocycles. The molecule has 4 rings (SSSR count). The van der Waals surface area contributed by atoms with E-state index in [1.165, 1.54) is 0 Å². The number of amides is 1. The molecule has 7 heteroatoms. The zero-order valence-corrected chi connectivity index (χ0v) is 17.9. The average Bonchev–Trinajstić information content (AvgIpc) is 3.18. The van der Waals surface area contributed by atoms with E-state index >= 15 is 0 Å². The van der Waals surface area contributed by atoms with Crippen LogP contribution in [0.25, 0.3) is 11.3 Å². The van der Waals surface area contributed by atoms with E-state index in [-0.39, 0.29) is 11.9 Å². The molecule has 0 saturated carbocycles. The van der Waals surface area contributed by atoms with Crippen molar-refractivity contribution in [3.8, 4) is 17.0 Å². The van der Waals surface area contributed by atoms with Gasteiger partial charge in [-0.15, -0.1) is 11.3 Å². The van der Waals surface area contributed by atoms with Gasteiger partial charge in [-0.1, -0.05) is 12.1 Å². The summed E-state index contributed by atoms with van der Waals surface area (Å²) in [4.78, 5) is 31.1. The maximum absolute atomic E-state index is 12.9. The van der Waals surface area contributed by atoms with E-state index in [0.717, 1.165) is 27.5 Å². The molecule has 0 radical (unpaired) electrons. The normalized spacial score (nSPS) is 15.5. The topological polar surface area (TPSA) is 68.7 Å². The number of benzene rings is 2. The third-order valence-corrected chi connectivity index (χ3v) is 5.66. The monoisotopic (exact) mass is 422 g/mol. The Bertz CT molecular complexity index is 1090. The summed E-state index contributed by atoms with van der Waals surface area (Å²) in [6.45, 7) is 6.20. The summed E-state index contributed by atoms with van der Waals surface area (Å²) < 4.78 is 10.8. The van der Waals surface area contributed by atoms with Gasteiger partial charge in [-0.2, -0.15) is 0 Å². The van der Waals surface area contributed by atoms with Crippen LogP contribution in [-0.4, -0.2) is 29.6 Å². The first-order valence-corrected chi connectivity index (χ1v) is 10.6. The number of fused-ring (bicyclic) bond motifs is 1. The Balaban J connectivity index is 1.64. The van der Waals surface area contributed by atoms with Gasteiger partial charge in [-0.05, 0) is 56.7 Å². The van der Waals surface area contributed by atoms with Crippen molar-refractivity contribution in [3.63, 3.8) is 0 Å². The summed E-state index contributed by atoms with van der Waals surface area (Å²) in [5.41, 5.74) is 3.93. The third kappa shape index (κ3) is 3.93. The number of anilines is 1. The summed E-state index contributed by atoms with van der Waals surface area (Å²) >= 11 is 1.59. The second-order valence-corrected chi connectivity index (χ2v) is 8.10. The fourth-order valence-corrected chi connectivity index (χ4v) is 3.99. The molecule has 0 saturated heterocycles. The van der Waals surface area contributed by atoms with Gasteiger partial charge >= 0.3 is 5.97 Å². The van der Waals surface area contributed by atoms with Crippen molar-refractivity contribution in [1.29, 1.82) is 0 Å². The van der Waals surface area contributed by atoms with Crippen molar-refractivity contribution in [2.45, 2.75) is 33.4 Å². The highest BCUT2D eigenvalue weighted by Gasteiger charge is 2.32. The van der Waals surface area contributed by atoms with Crippen molar-refractivity contribution < 1.29 is 19.1 Å². The number of carbonyl (C=O) groups is 2. The molecule has 30 heavy (non-hydrogen) atoms. The van der Waals surface area contributed by atoms with E-state index < -0.39 is 6.10 Å². The number of aryl methyl sites for hydroxylation is 1. The first-order valence-electron chi connectivity index (χ1n) is 9.77. The average molecular weight is 423 g/mol. The van der Waals surface area contributed by atoms with E-state index in [0.29, 0.717) is 24.5 Å². The highest BCUT2D eigenvalue weighted by molar-refractivity contribution is 7.09. The number of esters is 1. The number of ether oxygens (including phenoxy) is 2. The molecule has 3 aromatic rings. The lowest BCUT2D eigenvalue weighted by molar-refractivity contribution is -0.125. The van der Waals surface area contributed by atoms with Crippen LogP contribution in [0.4, 0.5) is 5.69 Å². The molecule has 2 aromatic carbocycles. The van der Waals surface area contributed by atoms with Crippen molar-refractivity contribution in [1.82, 2.24) is 4.98 Å². The Labute approximate surface area is 179 Å². The Kier molecular flexibility index (Phi) is 5.55. The van der Waals surface area contributed by atoms with Gasteiger partial charge in [-0.3, -0.25) is 4.79 Å². The quantitative estimate of drug-likeness (QED) is 0.562. The summed E-state index contributed by atoms with van der Waals surface area (Å²) in [6, 6.07) is 12.9. The molecular weight excluding hydrogens is 400 g/mol. The minimum Gasteiger partial charge on any atom is -0.479 e. The number of rotatable bonds is 5. The van der Waals surface area contributed by atoms with Crippen LogP contribution in [0.2, 0.25) is 0 Å². The molecule has 154 valence electrons. The molecule has 0 N–H and O–H groups in total. The van der Waals surface area contributed by atoms with Crippen LogP contribution < -0.4 is 9.64 Å². The summed E-state index contributed by atoms with van der Waals surface area (Å²) in [5.74, 6) is 0.207. The highest BCUT2D eigenvalue weighted by atomic mass is 32.1. The first kappa shape index (κ1) is 20.1. The molecule has 1 aliphatic rings. The standard InChI is InChI=1S/C23H22N2O4S/c1-4-28-23(27)17-7-5-16(6-8-17)12-25-20-11-18(19-13-30-15(3)24-19)9-10-21(20)29-14(2)22(25)26/h5-11,13-14H,4,12H2,1-3H3. The molecule has 0 aliphatic carbocycles. The van der Waals surface area contributed by atoms with Crippen LogP contribution in [0.15, 0.2) is 47.8 Å². The van der Waals surface area contributed by atoms with E-state index in [4.69, 9.17) is 9.47 Å². The van der Waals surface area contributed by atoms with Crippen LogP contribution >= 0.6 is 11.3 Å². The van der Waals surface area contributed by atoms with Crippen molar-refractivity contribution in [3.05, 3.63) is 64.0 Å². The molecule has 0 bridgehead atoms. The lowest BCUT2D eigenvalue weighted by Gasteiger charge is -2.33. The van der Waals surface area contributed by atoms with E-state index in [1.807, 2.05) is 42.6 Å². The Morgan fingerprint density at radius 3 is 2.67 bits per heavy atom. The van der Waals surface area contributed by atoms with Gasteiger partial charge < -0.3 is 14.4 Å². The number of carbonyl (C=O) groups excluding carboxylic acids is 2. The predicted molar refractivity (Wildman–Crippen MR) is 116 cm³/mol. The largest absolute Gasteiger partial charge is 0.479 e. The van der Waals surface area contributed by atoms with Gasteiger partial charge in [0.25, 0.3) is 5.91 Å². The lowest BCUT2D eigenvalue weighted by atomic mass is 10.1. The van der Waals surface area contributed by atoms with E-state index in [1.54, 1.807) is 42.2 Å². The van der Waals surface area contributed by atoms with Crippen LogP contribution in [0.1, 0.15) is 34.8 Å². The molecule has 1 amide bonds. The molecule has 6 nitrogen and oxygen atoms in total. The van der Waals surface area contributed by atoms with Gasteiger partial charge in [0.15, 0.2) is 6.10 Å². The van der Waals surface area contributed by atoms with Gasteiger partial charge in [0.2, 0.25) is 0 Å². The zero-order valence-electron chi connectivity index (χ0n) is 17.0. The zero-order chi connectivity index (χ0) is 21.3. The Morgan fingerprint density at radius 1 is 1.23 bits per heavy atom. The molecule has 1 unspecified atom stereocenters. The number of nitrogens with zero attached hydrogens (tertiary/aromatic N) is 2. The maximum atomic E-state index is 12.9. The smallest absolute Gasteiger partial charge is 0.338 e. The SMILES string of the molecule is CCOC(=O)c1ccc(CN2C(=O)C(C)Oc3ccc(-c4csc(C)n4)cc32)cc1. The minimum atomic E-state index is -0.566. The highest BCUT2D eigenvalue weighted by Crippen LogP contribution is 2.38. The van der Waals surface area contributed by atoms with Crippen LogP contribution in [-0.2, 0) is 16.1 Å². The molecule has 0 fully saturated rings. The minimum absolute atomic E-state index is 0.108. The van der Waals surface area contributed by atoms with Crippen LogP contribution in [0, 0.1) is 6.92 Å². The second kappa shape index (κ2) is 8.28. The summed E-state index contributed by atoms with van der Waals surface area (Å²) in [6.07, 6.45) is -0.566. The number of hydrogen-bond acceptors (Lipinski definition) is 6. The van der Waals surface area contributed by atoms with E-state index in [9.17, 15) is 9.59 Å². The predicted octanol–water partition coefficient (Wildman–Crippen LogP) is 4.61. The Morgan fingerprint density at radius 2 is 2.00 bits per heavy atom. The van der Waals surface area contributed by atoms with Gasteiger partial charge in [0, 0.05) is 10.9 Å². The molecule has 2 heterocycles. The van der Waals surface area contributed by atoms with Gasteiger partial charge in [0.05, 0.1) is 35.1 Å². The van der Waals surface area contributed by atoms with Crippen LogP contribution in [0.3, 0.4) is 0 Å². The number of aromatic nitrogens is 1. The number of thiazole rings is 1.